The number of likely N-dealkylation sites (tertiary alicyclic amines) is 1. The molecule has 84 valence electrons. The van der Waals surface area contributed by atoms with Crippen LogP contribution >= 0.6 is 0 Å². The van der Waals surface area contributed by atoms with Gasteiger partial charge in [-0.05, 0) is 25.9 Å². The number of aldehydes is 1. The molecule has 16 heavy (non-hydrogen) atoms. The zero-order chi connectivity index (χ0) is 11.4. The lowest BCUT2D eigenvalue weighted by Gasteiger charge is -2.13. The SMILES string of the molecule is O=Cc1ccc(C(=O)CN2CCCC2)cc1. The van der Waals surface area contributed by atoms with Crippen molar-refractivity contribution >= 4 is 12.1 Å². The largest absolute Gasteiger partial charge is 0.298 e. The van der Waals surface area contributed by atoms with Gasteiger partial charge >= 0.3 is 0 Å². The quantitative estimate of drug-likeness (QED) is 0.570. The van der Waals surface area contributed by atoms with Gasteiger partial charge in [0.2, 0.25) is 0 Å². The number of rotatable bonds is 4. The van der Waals surface area contributed by atoms with Crippen LogP contribution in [0.15, 0.2) is 24.3 Å². The second kappa shape index (κ2) is 5.03. The molecule has 1 heterocycles. The lowest BCUT2D eigenvalue weighted by atomic mass is 10.1. The fraction of sp³-hybridized carbons (Fsp3) is 0.385. The molecule has 0 N–H and O–H groups in total. The topological polar surface area (TPSA) is 37.4 Å². The first-order valence-corrected chi connectivity index (χ1v) is 5.60. The Morgan fingerprint density at radius 3 is 2.38 bits per heavy atom. The van der Waals surface area contributed by atoms with Crippen LogP contribution in [0.5, 0.6) is 0 Å². The van der Waals surface area contributed by atoms with Crippen LogP contribution in [0.25, 0.3) is 0 Å². The van der Waals surface area contributed by atoms with Gasteiger partial charge < -0.3 is 0 Å². The van der Waals surface area contributed by atoms with E-state index in [4.69, 9.17) is 0 Å². The van der Waals surface area contributed by atoms with E-state index in [0.29, 0.717) is 17.7 Å². The molecule has 0 aliphatic carbocycles. The van der Waals surface area contributed by atoms with Crippen molar-refractivity contribution in [3.8, 4) is 0 Å². The van der Waals surface area contributed by atoms with Gasteiger partial charge in [0.05, 0.1) is 6.54 Å². The van der Waals surface area contributed by atoms with Crippen molar-refractivity contribution in [3.63, 3.8) is 0 Å². The summed E-state index contributed by atoms with van der Waals surface area (Å²) in [5, 5.41) is 0. The van der Waals surface area contributed by atoms with Gasteiger partial charge in [-0.25, -0.2) is 0 Å². The van der Waals surface area contributed by atoms with E-state index in [-0.39, 0.29) is 5.78 Å². The highest BCUT2D eigenvalue weighted by atomic mass is 16.1. The summed E-state index contributed by atoms with van der Waals surface area (Å²) in [5.41, 5.74) is 1.30. The molecule has 1 aromatic rings. The van der Waals surface area contributed by atoms with Crippen molar-refractivity contribution in [2.45, 2.75) is 12.8 Å². The van der Waals surface area contributed by atoms with E-state index in [1.54, 1.807) is 24.3 Å². The first-order valence-electron chi connectivity index (χ1n) is 5.60. The second-order valence-electron chi connectivity index (χ2n) is 4.15. The maximum Gasteiger partial charge on any atom is 0.176 e. The Bertz CT molecular complexity index is 377. The van der Waals surface area contributed by atoms with E-state index in [1.165, 1.54) is 12.8 Å². The number of hydrogen-bond acceptors (Lipinski definition) is 3. The summed E-state index contributed by atoms with van der Waals surface area (Å²) in [5.74, 6) is 0.138. The summed E-state index contributed by atoms with van der Waals surface area (Å²) in [6.07, 6.45) is 3.17. The Morgan fingerprint density at radius 1 is 1.19 bits per heavy atom. The van der Waals surface area contributed by atoms with Crippen LogP contribution < -0.4 is 0 Å². The standard InChI is InChI=1S/C13H15NO2/c15-10-11-3-5-12(6-4-11)13(16)9-14-7-1-2-8-14/h3-6,10H,1-2,7-9H2. The van der Waals surface area contributed by atoms with Gasteiger partial charge in [-0.2, -0.15) is 0 Å². The number of nitrogens with zero attached hydrogens (tertiary/aromatic N) is 1. The molecule has 0 bridgehead atoms. The van der Waals surface area contributed by atoms with Crippen LogP contribution in [0.4, 0.5) is 0 Å². The van der Waals surface area contributed by atoms with Gasteiger partial charge in [-0.15, -0.1) is 0 Å². The van der Waals surface area contributed by atoms with Crippen LogP contribution in [0, 0.1) is 0 Å². The molecule has 1 saturated heterocycles. The summed E-state index contributed by atoms with van der Waals surface area (Å²) in [4.78, 5) is 24.5. The van der Waals surface area contributed by atoms with Gasteiger partial charge in [0.25, 0.3) is 0 Å². The minimum atomic E-state index is 0.138. The van der Waals surface area contributed by atoms with E-state index in [9.17, 15) is 9.59 Å². The molecule has 1 aliphatic rings. The maximum atomic E-state index is 11.9. The lowest BCUT2D eigenvalue weighted by molar-refractivity contribution is 0.0944. The number of benzene rings is 1. The normalized spacial score (nSPS) is 16.2. The van der Waals surface area contributed by atoms with E-state index in [2.05, 4.69) is 4.90 Å². The molecule has 0 spiro atoms. The van der Waals surface area contributed by atoms with Crippen LogP contribution in [0.1, 0.15) is 33.6 Å². The van der Waals surface area contributed by atoms with Crippen molar-refractivity contribution in [3.05, 3.63) is 35.4 Å². The van der Waals surface area contributed by atoms with Crippen LogP contribution in [-0.4, -0.2) is 36.6 Å². The van der Waals surface area contributed by atoms with Crippen molar-refractivity contribution in [2.75, 3.05) is 19.6 Å². The third-order valence-corrected chi connectivity index (χ3v) is 2.93. The highest BCUT2D eigenvalue weighted by Crippen LogP contribution is 2.10. The van der Waals surface area contributed by atoms with Crippen molar-refractivity contribution < 1.29 is 9.59 Å². The number of Topliss-reactive ketones (excluding diaryl/α,β-unsaturated/α-hetero) is 1. The summed E-state index contributed by atoms with van der Waals surface area (Å²) in [6.45, 7) is 2.55. The molecule has 1 fully saturated rings. The molecule has 0 atom stereocenters. The van der Waals surface area contributed by atoms with E-state index in [0.717, 1.165) is 19.4 Å². The molecule has 1 aliphatic heterocycles. The zero-order valence-corrected chi connectivity index (χ0v) is 9.19. The average molecular weight is 217 g/mol. The van der Waals surface area contributed by atoms with Crippen molar-refractivity contribution in [1.29, 1.82) is 0 Å². The summed E-state index contributed by atoms with van der Waals surface area (Å²) in [6, 6.07) is 6.82. The lowest BCUT2D eigenvalue weighted by Crippen LogP contribution is -2.26. The minimum absolute atomic E-state index is 0.138. The molecule has 0 amide bonds. The molecule has 2 rings (SSSR count). The Balaban J connectivity index is 1.99. The number of carbonyl (C=O) groups is 2. The molecule has 0 radical (unpaired) electrons. The maximum absolute atomic E-state index is 11.9. The first kappa shape index (κ1) is 11.0. The van der Waals surface area contributed by atoms with Gasteiger partial charge in [0, 0.05) is 11.1 Å². The van der Waals surface area contributed by atoms with Crippen molar-refractivity contribution in [2.24, 2.45) is 0 Å². The predicted octanol–water partition coefficient (Wildman–Crippen LogP) is 1.78. The van der Waals surface area contributed by atoms with Crippen LogP contribution in [0.2, 0.25) is 0 Å². The van der Waals surface area contributed by atoms with E-state index < -0.39 is 0 Å². The van der Waals surface area contributed by atoms with Crippen LogP contribution in [-0.2, 0) is 0 Å². The van der Waals surface area contributed by atoms with Gasteiger partial charge in [0.1, 0.15) is 6.29 Å². The number of carbonyl (C=O) groups excluding carboxylic acids is 2. The summed E-state index contributed by atoms with van der Waals surface area (Å²) in [7, 11) is 0. The third kappa shape index (κ3) is 2.55. The van der Waals surface area contributed by atoms with Gasteiger partial charge in [-0.1, -0.05) is 24.3 Å². The summed E-state index contributed by atoms with van der Waals surface area (Å²) < 4.78 is 0. The molecular formula is C13H15NO2. The molecule has 1 aromatic carbocycles. The zero-order valence-electron chi connectivity index (χ0n) is 9.19. The Kier molecular flexibility index (Phi) is 3.47. The minimum Gasteiger partial charge on any atom is -0.298 e. The third-order valence-electron chi connectivity index (χ3n) is 2.93. The van der Waals surface area contributed by atoms with E-state index >= 15 is 0 Å². The Morgan fingerprint density at radius 2 is 1.81 bits per heavy atom. The summed E-state index contributed by atoms with van der Waals surface area (Å²) >= 11 is 0. The fourth-order valence-electron chi connectivity index (χ4n) is 1.98. The Hall–Kier alpha value is -1.48. The van der Waals surface area contributed by atoms with Gasteiger partial charge in [-0.3, -0.25) is 14.5 Å². The molecular weight excluding hydrogens is 202 g/mol. The van der Waals surface area contributed by atoms with Crippen LogP contribution in [0.3, 0.4) is 0 Å². The Labute approximate surface area is 95.1 Å². The molecule has 3 heteroatoms. The number of hydrogen-bond donors (Lipinski definition) is 0. The average Bonchev–Trinajstić information content (AvgIpc) is 2.82. The highest BCUT2D eigenvalue weighted by molar-refractivity contribution is 5.98. The highest BCUT2D eigenvalue weighted by Gasteiger charge is 2.15. The second-order valence-corrected chi connectivity index (χ2v) is 4.15. The van der Waals surface area contributed by atoms with E-state index in [1.807, 2.05) is 0 Å². The predicted molar refractivity (Wildman–Crippen MR) is 61.8 cm³/mol. The molecule has 0 saturated carbocycles. The van der Waals surface area contributed by atoms with Crippen molar-refractivity contribution in [1.82, 2.24) is 4.90 Å². The number of ketones is 1. The first-order chi connectivity index (χ1) is 7.79. The molecule has 3 nitrogen and oxygen atoms in total. The van der Waals surface area contributed by atoms with Gasteiger partial charge in [0.15, 0.2) is 5.78 Å². The monoisotopic (exact) mass is 217 g/mol. The molecule has 0 aromatic heterocycles. The smallest absolute Gasteiger partial charge is 0.176 e. The fourth-order valence-corrected chi connectivity index (χ4v) is 1.98. The molecule has 0 unspecified atom stereocenters.